The van der Waals surface area contributed by atoms with Crippen molar-refractivity contribution in [2.75, 3.05) is 26.5 Å². The number of esters is 1. The van der Waals surface area contributed by atoms with Gasteiger partial charge in [0.25, 0.3) is 0 Å². The summed E-state index contributed by atoms with van der Waals surface area (Å²) in [4.78, 5) is 43.4. The van der Waals surface area contributed by atoms with Gasteiger partial charge in [-0.3, -0.25) is 14.4 Å². The van der Waals surface area contributed by atoms with E-state index in [-0.39, 0.29) is 31.2 Å². The first kappa shape index (κ1) is 38.0. The Morgan fingerprint density at radius 1 is 0.911 bits per heavy atom. The summed E-state index contributed by atoms with van der Waals surface area (Å²) < 4.78 is 15.3. The lowest BCUT2D eigenvalue weighted by Gasteiger charge is -2.27. The molecule has 0 saturated heterocycles. The van der Waals surface area contributed by atoms with Crippen molar-refractivity contribution in [3.8, 4) is 5.75 Å². The van der Waals surface area contributed by atoms with Crippen molar-refractivity contribution in [2.24, 2.45) is 0 Å². The van der Waals surface area contributed by atoms with Gasteiger partial charge in [0.2, 0.25) is 11.8 Å². The van der Waals surface area contributed by atoms with E-state index in [9.17, 15) is 19.5 Å². The van der Waals surface area contributed by atoms with Crippen molar-refractivity contribution in [1.29, 1.82) is 0 Å². The molecule has 0 spiro atoms. The number of aliphatic hydroxyl groups excluding tert-OH is 1. The van der Waals surface area contributed by atoms with Crippen LogP contribution < -0.4 is 20.7 Å². The van der Waals surface area contributed by atoms with Crippen LogP contribution in [0.3, 0.4) is 0 Å². The lowest BCUT2D eigenvalue weighted by Crippen LogP contribution is -2.55. The number of hydrogen-bond acceptors (Lipinski definition) is 10. The Morgan fingerprint density at radius 2 is 1.62 bits per heavy atom. The molecule has 2 amide bonds. The molecule has 12 heteroatoms. The summed E-state index contributed by atoms with van der Waals surface area (Å²) in [5.74, 6) is -0.728. The number of carbonyl (C=O) groups excluding carboxylic acids is 3. The van der Waals surface area contributed by atoms with Crippen molar-refractivity contribution in [3.05, 3.63) is 65.7 Å². The Balaban J connectivity index is 2.11. The van der Waals surface area contributed by atoms with Gasteiger partial charge in [-0.25, -0.2) is 4.89 Å². The van der Waals surface area contributed by atoms with E-state index in [1.54, 1.807) is 7.11 Å². The quantitative estimate of drug-likeness (QED) is 0.0461. The number of benzene rings is 2. The first-order chi connectivity index (χ1) is 21.8. The highest BCUT2D eigenvalue weighted by Crippen LogP contribution is 2.16. The van der Waals surface area contributed by atoms with E-state index in [1.165, 1.54) is 7.11 Å². The smallest absolute Gasteiger partial charge is 0.306 e. The van der Waals surface area contributed by atoms with Gasteiger partial charge in [0.05, 0.1) is 44.6 Å². The zero-order valence-electron chi connectivity index (χ0n) is 26.8. The Kier molecular flexibility index (Phi) is 18.9. The van der Waals surface area contributed by atoms with E-state index in [4.69, 9.17) is 14.0 Å². The molecule has 0 aliphatic rings. The fraction of sp³-hybridized carbons (Fsp3) is 0.545. The Bertz CT molecular complexity index is 1130. The van der Waals surface area contributed by atoms with Crippen LogP contribution in [0.2, 0.25) is 0 Å². The van der Waals surface area contributed by atoms with Crippen LogP contribution in [0.4, 0.5) is 0 Å². The molecule has 3 atom stereocenters. The highest BCUT2D eigenvalue weighted by molar-refractivity contribution is 7.94. The topological polar surface area (TPSA) is 144 Å². The molecule has 2 rings (SSSR count). The van der Waals surface area contributed by atoms with Gasteiger partial charge in [-0.2, -0.15) is 4.33 Å². The maximum absolute atomic E-state index is 13.6. The molecule has 0 fully saturated rings. The van der Waals surface area contributed by atoms with Crippen molar-refractivity contribution in [1.82, 2.24) is 16.0 Å². The first-order valence-electron chi connectivity index (χ1n) is 15.5. The zero-order valence-corrected chi connectivity index (χ0v) is 27.6. The summed E-state index contributed by atoms with van der Waals surface area (Å²) >= 11 is 0.920. The molecule has 2 aromatic carbocycles. The van der Waals surface area contributed by atoms with E-state index in [0.29, 0.717) is 13.0 Å². The summed E-state index contributed by atoms with van der Waals surface area (Å²) in [5.41, 5.74) is 1.91. The SMILES string of the molecule is CCCC(CCC)OOSCC(NC(=O)CCC(=O)OC)C(=O)N[C@@H](Cc1ccccc1)[C@H](O)CNCc1cccc(OC)c1. The van der Waals surface area contributed by atoms with Gasteiger partial charge < -0.3 is 30.5 Å². The molecule has 1 unspecified atom stereocenters. The van der Waals surface area contributed by atoms with Gasteiger partial charge in [0, 0.05) is 31.6 Å². The monoisotopic (exact) mass is 647 g/mol. The second-order valence-electron chi connectivity index (χ2n) is 10.7. The minimum absolute atomic E-state index is 0.0447. The lowest BCUT2D eigenvalue weighted by molar-refractivity contribution is -0.234. The molecule has 4 N–H and O–H groups in total. The van der Waals surface area contributed by atoms with E-state index in [1.807, 2.05) is 54.6 Å². The molecule has 2 aromatic rings. The average molecular weight is 648 g/mol. The molecule has 45 heavy (non-hydrogen) atoms. The summed E-state index contributed by atoms with van der Waals surface area (Å²) in [5, 5.41) is 20.1. The maximum Gasteiger partial charge on any atom is 0.306 e. The van der Waals surface area contributed by atoms with E-state index < -0.39 is 36.0 Å². The van der Waals surface area contributed by atoms with E-state index >= 15 is 0 Å². The minimum atomic E-state index is -1.02. The normalized spacial score (nSPS) is 13.1. The highest BCUT2D eigenvalue weighted by atomic mass is 32.2. The fourth-order valence-electron chi connectivity index (χ4n) is 4.55. The fourth-order valence-corrected chi connectivity index (χ4v) is 5.15. The Hall–Kier alpha value is -3.16. The van der Waals surface area contributed by atoms with Crippen molar-refractivity contribution in [3.63, 3.8) is 0 Å². The van der Waals surface area contributed by atoms with Crippen LogP contribution in [0.25, 0.3) is 0 Å². The third-order valence-corrected chi connectivity index (χ3v) is 7.67. The molecule has 11 nitrogen and oxygen atoms in total. The van der Waals surface area contributed by atoms with Crippen LogP contribution in [0.1, 0.15) is 63.5 Å². The van der Waals surface area contributed by atoms with Crippen molar-refractivity contribution in [2.45, 2.75) is 89.6 Å². The number of methoxy groups -OCH3 is 2. The summed E-state index contributed by atoms with van der Waals surface area (Å²) in [6, 6.07) is 15.5. The average Bonchev–Trinajstić information content (AvgIpc) is 3.05. The van der Waals surface area contributed by atoms with Crippen molar-refractivity contribution < 1.29 is 38.2 Å². The number of amides is 2. The molecule has 0 saturated carbocycles. The molecule has 0 aromatic heterocycles. The molecule has 0 bridgehead atoms. The predicted molar refractivity (Wildman–Crippen MR) is 174 cm³/mol. The molecule has 0 heterocycles. The van der Waals surface area contributed by atoms with Gasteiger partial charge in [-0.1, -0.05) is 69.2 Å². The van der Waals surface area contributed by atoms with Crippen LogP contribution in [-0.2, 0) is 41.3 Å². The lowest BCUT2D eigenvalue weighted by atomic mass is 10.0. The van der Waals surface area contributed by atoms with Gasteiger partial charge in [0.1, 0.15) is 11.8 Å². The molecule has 0 aliphatic carbocycles. The molecule has 0 aliphatic heterocycles. The van der Waals surface area contributed by atoms with Crippen molar-refractivity contribution >= 4 is 29.8 Å². The second-order valence-corrected chi connectivity index (χ2v) is 11.4. The minimum Gasteiger partial charge on any atom is -0.497 e. The summed E-state index contributed by atoms with van der Waals surface area (Å²) in [6.07, 6.45) is 2.65. The highest BCUT2D eigenvalue weighted by Gasteiger charge is 2.28. The van der Waals surface area contributed by atoms with Gasteiger partial charge in [-0.15, -0.1) is 0 Å². The van der Waals surface area contributed by atoms with Crippen LogP contribution in [0.15, 0.2) is 54.6 Å². The van der Waals surface area contributed by atoms with E-state index in [2.05, 4.69) is 34.5 Å². The second kappa shape index (κ2) is 22.4. The zero-order chi connectivity index (χ0) is 32.9. The number of rotatable bonds is 23. The number of hydrogen-bond donors (Lipinski definition) is 4. The maximum atomic E-state index is 13.6. The number of aliphatic hydroxyl groups is 1. The standard InChI is InChI=1S/C33H49N3O8S/c1-5-11-26(12-6-2)43-44-45-23-29(35-31(38)17-18-32(39)42-4)33(40)36-28(20-24-13-8-7-9-14-24)30(37)22-34-21-25-15-10-16-27(19-25)41-3/h7-10,13-16,19,26,28-30,34,37H,5-6,11-12,17-18,20-23H2,1-4H3,(H,35,38)(H,36,40)/t28-,29?,30+/m0/s1. The first-order valence-corrected chi connectivity index (χ1v) is 16.4. The van der Waals surface area contributed by atoms with Gasteiger partial charge in [-0.05, 0) is 42.5 Å². The number of carbonyl (C=O) groups is 3. The van der Waals surface area contributed by atoms with Gasteiger partial charge >= 0.3 is 5.97 Å². The molecule has 250 valence electrons. The number of ether oxygens (including phenoxy) is 2. The summed E-state index contributed by atoms with van der Waals surface area (Å²) in [7, 11) is 2.86. The van der Waals surface area contributed by atoms with E-state index in [0.717, 1.165) is 54.6 Å². The summed E-state index contributed by atoms with van der Waals surface area (Å²) in [6.45, 7) is 4.83. The molecule has 0 radical (unpaired) electrons. The van der Waals surface area contributed by atoms with Crippen LogP contribution in [-0.4, -0.2) is 73.7 Å². The third-order valence-electron chi connectivity index (χ3n) is 7.02. The predicted octanol–water partition coefficient (Wildman–Crippen LogP) is 3.88. The molecular weight excluding hydrogens is 598 g/mol. The largest absolute Gasteiger partial charge is 0.497 e. The third kappa shape index (κ3) is 15.6. The Morgan fingerprint density at radius 3 is 2.29 bits per heavy atom. The Labute approximate surface area is 271 Å². The van der Waals surface area contributed by atoms with Crippen LogP contribution >= 0.6 is 12.0 Å². The van der Waals surface area contributed by atoms with Gasteiger partial charge in [0.15, 0.2) is 0 Å². The number of nitrogens with one attached hydrogen (secondary N) is 3. The molecular formula is C33H49N3O8S. The van der Waals surface area contributed by atoms with Crippen LogP contribution in [0.5, 0.6) is 5.75 Å². The van der Waals surface area contributed by atoms with Crippen LogP contribution in [0, 0.1) is 0 Å².